The third-order valence-corrected chi connectivity index (χ3v) is 4.58. The highest BCUT2D eigenvalue weighted by molar-refractivity contribution is 9.10. The first kappa shape index (κ1) is 18.4. The molecule has 26 heavy (non-hydrogen) atoms. The summed E-state index contributed by atoms with van der Waals surface area (Å²) in [5.74, 6) is -0.304. The summed E-state index contributed by atoms with van der Waals surface area (Å²) in [5, 5.41) is 6.58. The molecule has 1 aromatic heterocycles. The molecule has 0 saturated carbocycles. The molecule has 0 amide bonds. The molecule has 0 radical (unpaired) electrons. The van der Waals surface area contributed by atoms with E-state index in [1.165, 1.54) is 35.8 Å². The largest absolute Gasteiger partial charge is 0.573 e. The maximum atomic E-state index is 12.2. The Morgan fingerprint density at radius 2 is 1.92 bits per heavy atom. The zero-order valence-electron chi connectivity index (χ0n) is 13.0. The van der Waals surface area contributed by atoms with Crippen molar-refractivity contribution in [1.82, 2.24) is 4.98 Å². The van der Waals surface area contributed by atoms with Crippen LogP contribution >= 0.6 is 27.3 Å². The van der Waals surface area contributed by atoms with Gasteiger partial charge in [0, 0.05) is 21.0 Å². The monoisotopic (exact) mass is 441 g/mol. The maximum absolute atomic E-state index is 12.2. The van der Waals surface area contributed by atoms with E-state index in [2.05, 4.69) is 36.2 Å². The van der Waals surface area contributed by atoms with Crippen molar-refractivity contribution < 1.29 is 17.9 Å². The van der Waals surface area contributed by atoms with E-state index in [-0.39, 0.29) is 5.75 Å². The fourth-order valence-corrected chi connectivity index (χ4v) is 3.16. The van der Waals surface area contributed by atoms with Crippen molar-refractivity contribution >= 4 is 38.6 Å². The zero-order chi connectivity index (χ0) is 18.6. The van der Waals surface area contributed by atoms with E-state index in [0.717, 1.165) is 11.3 Å². The first-order chi connectivity index (χ1) is 12.4. The van der Waals surface area contributed by atoms with Gasteiger partial charge in [0.25, 0.3) is 0 Å². The van der Waals surface area contributed by atoms with Crippen LogP contribution in [0, 0.1) is 0 Å². The summed E-state index contributed by atoms with van der Waals surface area (Å²) in [6.45, 7) is 0. The molecule has 1 N–H and O–H groups in total. The van der Waals surface area contributed by atoms with Crippen LogP contribution < -0.4 is 10.2 Å². The van der Waals surface area contributed by atoms with Crippen molar-refractivity contribution in [2.24, 2.45) is 5.10 Å². The fourth-order valence-electron chi connectivity index (χ4n) is 2.03. The van der Waals surface area contributed by atoms with Gasteiger partial charge in [0.2, 0.25) is 5.13 Å². The van der Waals surface area contributed by atoms with Gasteiger partial charge in [-0.2, -0.15) is 5.10 Å². The third-order valence-electron chi connectivity index (χ3n) is 3.14. The Balaban J connectivity index is 1.65. The van der Waals surface area contributed by atoms with Gasteiger partial charge in [-0.3, -0.25) is 5.43 Å². The third kappa shape index (κ3) is 5.06. The lowest BCUT2D eigenvalue weighted by atomic mass is 10.2. The number of hydrogen-bond donors (Lipinski definition) is 1. The molecular weight excluding hydrogens is 431 g/mol. The fraction of sp³-hybridized carbons (Fsp3) is 0.0588. The topological polar surface area (TPSA) is 46.5 Å². The summed E-state index contributed by atoms with van der Waals surface area (Å²) < 4.78 is 40.9. The van der Waals surface area contributed by atoms with Gasteiger partial charge >= 0.3 is 6.36 Å². The summed E-state index contributed by atoms with van der Waals surface area (Å²) in [6.07, 6.45) is -3.25. The average Bonchev–Trinajstić information content (AvgIpc) is 3.05. The molecule has 3 rings (SSSR count). The lowest BCUT2D eigenvalue weighted by Crippen LogP contribution is -2.17. The second-order valence-corrected chi connectivity index (χ2v) is 6.72. The molecule has 2 aromatic carbocycles. The highest BCUT2D eigenvalue weighted by atomic mass is 79.9. The number of hydrazone groups is 1. The van der Waals surface area contributed by atoms with Gasteiger partial charge in [0.1, 0.15) is 5.75 Å². The van der Waals surface area contributed by atoms with Crippen LogP contribution in [0.1, 0.15) is 5.56 Å². The van der Waals surface area contributed by atoms with E-state index in [4.69, 9.17) is 0 Å². The van der Waals surface area contributed by atoms with Gasteiger partial charge in [0.15, 0.2) is 0 Å². The number of hydrogen-bond acceptors (Lipinski definition) is 5. The minimum Gasteiger partial charge on any atom is -0.406 e. The smallest absolute Gasteiger partial charge is 0.406 e. The minimum atomic E-state index is -4.72. The van der Waals surface area contributed by atoms with Gasteiger partial charge < -0.3 is 4.74 Å². The Kier molecular flexibility index (Phi) is 5.58. The maximum Gasteiger partial charge on any atom is 0.573 e. The molecule has 4 nitrogen and oxygen atoms in total. The number of aromatic nitrogens is 1. The minimum absolute atomic E-state index is 0.304. The molecule has 0 unspecified atom stereocenters. The summed E-state index contributed by atoms with van der Waals surface area (Å²) in [6, 6.07) is 13.6. The standard InChI is InChI=1S/C17H11BrF3N3OS/c18-14-8-13(25-17(19,20)21)7-6-12(14)9-22-24-16-23-15(10-26-16)11-4-2-1-3-5-11/h1-10H,(H,23,24). The molecule has 0 aliphatic carbocycles. The number of anilines is 1. The summed E-state index contributed by atoms with van der Waals surface area (Å²) in [4.78, 5) is 4.43. The predicted octanol–water partition coefficient (Wildman–Crippen LogP) is 5.92. The van der Waals surface area contributed by atoms with Crippen LogP contribution in [-0.2, 0) is 0 Å². The number of nitrogens with one attached hydrogen (secondary N) is 1. The second kappa shape index (κ2) is 7.88. The van der Waals surface area contributed by atoms with Crippen molar-refractivity contribution in [1.29, 1.82) is 0 Å². The highest BCUT2D eigenvalue weighted by Gasteiger charge is 2.31. The Morgan fingerprint density at radius 1 is 1.15 bits per heavy atom. The Labute approximate surface area is 159 Å². The number of alkyl halides is 3. The summed E-state index contributed by atoms with van der Waals surface area (Å²) >= 11 is 4.60. The Morgan fingerprint density at radius 3 is 2.62 bits per heavy atom. The molecule has 9 heteroatoms. The van der Waals surface area contributed by atoms with Crippen molar-refractivity contribution in [3.8, 4) is 17.0 Å². The van der Waals surface area contributed by atoms with Crippen molar-refractivity contribution in [2.45, 2.75) is 6.36 Å². The molecule has 0 aliphatic rings. The van der Waals surface area contributed by atoms with Crippen molar-refractivity contribution in [2.75, 3.05) is 5.43 Å². The first-order valence-corrected chi connectivity index (χ1v) is 8.93. The number of thiazole rings is 1. The molecule has 0 fully saturated rings. The average molecular weight is 442 g/mol. The second-order valence-electron chi connectivity index (χ2n) is 5.01. The van der Waals surface area contributed by atoms with Crippen LogP contribution in [0.2, 0.25) is 0 Å². The number of halogens is 4. The molecule has 0 spiro atoms. The number of ether oxygens (including phenoxy) is 1. The van der Waals surface area contributed by atoms with Gasteiger partial charge in [-0.25, -0.2) is 4.98 Å². The van der Waals surface area contributed by atoms with E-state index < -0.39 is 6.36 Å². The van der Waals surface area contributed by atoms with E-state index in [1.807, 2.05) is 35.7 Å². The first-order valence-electron chi connectivity index (χ1n) is 7.26. The number of nitrogens with zero attached hydrogens (tertiary/aromatic N) is 2. The van der Waals surface area contributed by atoms with Gasteiger partial charge in [-0.1, -0.05) is 30.3 Å². The molecule has 0 bridgehead atoms. The molecule has 0 aliphatic heterocycles. The van der Waals surface area contributed by atoms with Crippen LogP contribution in [-0.4, -0.2) is 17.6 Å². The van der Waals surface area contributed by atoms with E-state index >= 15 is 0 Å². The van der Waals surface area contributed by atoms with Crippen LogP contribution in [0.15, 0.2) is 63.5 Å². The van der Waals surface area contributed by atoms with Crippen LogP contribution in [0.4, 0.5) is 18.3 Å². The number of benzene rings is 2. The van der Waals surface area contributed by atoms with E-state index in [9.17, 15) is 13.2 Å². The van der Waals surface area contributed by atoms with Crippen LogP contribution in [0.5, 0.6) is 5.75 Å². The van der Waals surface area contributed by atoms with Crippen molar-refractivity contribution in [3.63, 3.8) is 0 Å². The Bertz CT molecular complexity index is 913. The summed E-state index contributed by atoms with van der Waals surface area (Å²) in [7, 11) is 0. The highest BCUT2D eigenvalue weighted by Crippen LogP contribution is 2.27. The number of rotatable bonds is 5. The molecule has 0 atom stereocenters. The van der Waals surface area contributed by atoms with Gasteiger partial charge in [-0.05, 0) is 34.1 Å². The quantitative estimate of drug-likeness (QED) is 0.394. The molecular formula is C17H11BrF3N3OS. The van der Waals surface area contributed by atoms with E-state index in [0.29, 0.717) is 15.2 Å². The lowest BCUT2D eigenvalue weighted by molar-refractivity contribution is -0.274. The normalized spacial score (nSPS) is 11.7. The van der Waals surface area contributed by atoms with Gasteiger partial charge in [0.05, 0.1) is 11.9 Å². The molecule has 3 aromatic rings. The summed E-state index contributed by atoms with van der Waals surface area (Å²) in [5.41, 5.74) is 5.24. The van der Waals surface area contributed by atoms with E-state index in [1.54, 1.807) is 0 Å². The molecule has 134 valence electrons. The van der Waals surface area contributed by atoms with Crippen LogP contribution in [0.3, 0.4) is 0 Å². The van der Waals surface area contributed by atoms with Crippen LogP contribution in [0.25, 0.3) is 11.3 Å². The SMILES string of the molecule is FC(F)(F)Oc1ccc(C=NNc2nc(-c3ccccc3)cs2)c(Br)c1. The zero-order valence-corrected chi connectivity index (χ0v) is 15.4. The van der Waals surface area contributed by atoms with Gasteiger partial charge in [-0.15, -0.1) is 24.5 Å². The predicted molar refractivity (Wildman–Crippen MR) is 99.6 cm³/mol. The Hall–Kier alpha value is -2.39. The lowest BCUT2D eigenvalue weighted by Gasteiger charge is -2.09. The molecule has 0 saturated heterocycles. The molecule has 1 heterocycles. The van der Waals surface area contributed by atoms with Crippen molar-refractivity contribution in [3.05, 3.63) is 63.9 Å².